The van der Waals surface area contributed by atoms with Crippen molar-refractivity contribution in [3.05, 3.63) is 72.3 Å². The van der Waals surface area contributed by atoms with Crippen LogP contribution in [0.2, 0.25) is 0 Å². The summed E-state index contributed by atoms with van der Waals surface area (Å²) in [7, 11) is 1.69. The molecule has 3 nitrogen and oxygen atoms in total. The standard InChI is InChI=1S/C25H26N2O/c1-25(2,3)16-17-9-7-10-18(15-17)19-12-8-13-21-23(19)27-24(26-21)20-11-5-6-14-22(20)28-4/h5-15H,16H2,1-4H3,(H,26,27). The zero-order valence-corrected chi connectivity index (χ0v) is 16.9. The van der Waals surface area contributed by atoms with Gasteiger partial charge in [0, 0.05) is 5.56 Å². The summed E-state index contributed by atoms with van der Waals surface area (Å²) in [5, 5.41) is 0. The van der Waals surface area contributed by atoms with Crippen molar-refractivity contribution in [2.75, 3.05) is 7.11 Å². The highest BCUT2D eigenvalue weighted by Gasteiger charge is 2.15. The summed E-state index contributed by atoms with van der Waals surface area (Å²) in [5.74, 6) is 1.64. The normalized spacial score (nSPS) is 11.7. The van der Waals surface area contributed by atoms with E-state index in [1.165, 1.54) is 11.1 Å². The molecule has 28 heavy (non-hydrogen) atoms. The molecule has 1 aromatic heterocycles. The van der Waals surface area contributed by atoms with Crippen molar-refractivity contribution < 1.29 is 4.74 Å². The van der Waals surface area contributed by atoms with Crippen LogP contribution in [0.15, 0.2) is 66.7 Å². The molecule has 0 bridgehead atoms. The molecule has 0 atom stereocenters. The number of ether oxygens (including phenoxy) is 1. The van der Waals surface area contributed by atoms with Crippen molar-refractivity contribution in [2.24, 2.45) is 5.41 Å². The number of nitrogens with zero attached hydrogens (tertiary/aromatic N) is 1. The molecule has 0 spiro atoms. The molecule has 1 N–H and O–H groups in total. The molecule has 4 rings (SSSR count). The molecule has 3 aromatic carbocycles. The zero-order chi connectivity index (χ0) is 19.7. The number of hydrogen-bond acceptors (Lipinski definition) is 2. The molecule has 0 radical (unpaired) electrons. The first kappa shape index (κ1) is 18.3. The van der Waals surface area contributed by atoms with Gasteiger partial charge in [-0.05, 0) is 41.2 Å². The van der Waals surface area contributed by atoms with E-state index < -0.39 is 0 Å². The Morgan fingerprint density at radius 1 is 0.893 bits per heavy atom. The first-order valence-electron chi connectivity index (χ1n) is 9.66. The van der Waals surface area contributed by atoms with Crippen LogP contribution >= 0.6 is 0 Å². The second-order valence-electron chi connectivity index (χ2n) is 8.43. The minimum absolute atomic E-state index is 0.258. The molecule has 0 aliphatic heterocycles. The Hall–Kier alpha value is -3.07. The molecule has 0 amide bonds. The summed E-state index contributed by atoms with van der Waals surface area (Å²) in [5.41, 5.74) is 6.93. The van der Waals surface area contributed by atoms with Gasteiger partial charge in [-0.15, -0.1) is 0 Å². The summed E-state index contributed by atoms with van der Waals surface area (Å²) in [6.45, 7) is 6.81. The number of methoxy groups -OCH3 is 1. The predicted octanol–water partition coefficient (Wildman–Crippen LogP) is 6.49. The lowest BCUT2D eigenvalue weighted by Crippen LogP contribution is -2.08. The van der Waals surface area contributed by atoms with Gasteiger partial charge in [0.25, 0.3) is 0 Å². The third-order valence-corrected chi connectivity index (χ3v) is 4.85. The smallest absolute Gasteiger partial charge is 0.142 e. The van der Waals surface area contributed by atoms with Crippen molar-refractivity contribution in [3.63, 3.8) is 0 Å². The van der Waals surface area contributed by atoms with Crippen LogP contribution < -0.4 is 4.74 Å². The fraction of sp³-hybridized carbons (Fsp3) is 0.240. The summed E-state index contributed by atoms with van der Waals surface area (Å²) >= 11 is 0. The maximum Gasteiger partial charge on any atom is 0.142 e. The minimum Gasteiger partial charge on any atom is -0.496 e. The molecule has 0 saturated carbocycles. The molecule has 0 fully saturated rings. The van der Waals surface area contributed by atoms with Crippen molar-refractivity contribution in [3.8, 4) is 28.3 Å². The van der Waals surface area contributed by atoms with Gasteiger partial charge in [0.2, 0.25) is 0 Å². The fourth-order valence-corrected chi connectivity index (χ4v) is 3.69. The largest absolute Gasteiger partial charge is 0.496 e. The average molecular weight is 370 g/mol. The molecular weight excluding hydrogens is 344 g/mol. The number of benzene rings is 3. The highest BCUT2D eigenvalue weighted by molar-refractivity contribution is 5.94. The third kappa shape index (κ3) is 3.65. The lowest BCUT2D eigenvalue weighted by molar-refractivity contribution is 0.411. The molecular formula is C25H26N2O. The first-order chi connectivity index (χ1) is 13.4. The molecule has 0 aliphatic rings. The van der Waals surface area contributed by atoms with Gasteiger partial charge in [-0.25, -0.2) is 4.98 Å². The number of fused-ring (bicyclic) bond motifs is 1. The molecule has 0 saturated heterocycles. The van der Waals surface area contributed by atoms with E-state index in [0.717, 1.165) is 40.2 Å². The van der Waals surface area contributed by atoms with Crippen LogP contribution in [0.5, 0.6) is 5.75 Å². The zero-order valence-electron chi connectivity index (χ0n) is 16.9. The van der Waals surface area contributed by atoms with Gasteiger partial charge in [0.15, 0.2) is 0 Å². The number of aromatic amines is 1. The maximum absolute atomic E-state index is 5.51. The van der Waals surface area contributed by atoms with E-state index in [1.807, 2.05) is 24.3 Å². The second-order valence-corrected chi connectivity index (χ2v) is 8.43. The maximum atomic E-state index is 5.51. The van der Waals surface area contributed by atoms with Crippen LogP contribution in [0, 0.1) is 5.41 Å². The molecule has 4 aromatic rings. The highest BCUT2D eigenvalue weighted by Crippen LogP contribution is 2.33. The van der Waals surface area contributed by atoms with Gasteiger partial charge in [-0.1, -0.05) is 69.3 Å². The Morgan fingerprint density at radius 3 is 2.43 bits per heavy atom. The number of hydrogen-bond donors (Lipinski definition) is 1. The monoisotopic (exact) mass is 370 g/mol. The summed E-state index contributed by atoms with van der Waals surface area (Å²) in [6.07, 6.45) is 1.05. The Morgan fingerprint density at radius 2 is 1.64 bits per heavy atom. The third-order valence-electron chi connectivity index (χ3n) is 4.85. The predicted molar refractivity (Wildman–Crippen MR) is 117 cm³/mol. The van der Waals surface area contributed by atoms with Crippen molar-refractivity contribution in [2.45, 2.75) is 27.2 Å². The van der Waals surface area contributed by atoms with Gasteiger partial charge in [-0.2, -0.15) is 0 Å². The van der Waals surface area contributed by atoms with E-state index in [-0.39, 0.29) is 5.41 Å². The van der Waals surface area contributed by atoms with Crippen LogP contribution in [0.25, 0.3) is 33.5 Å². The van der Waals surface area contributed by atoms with E-state index in [1.54, 1.807) is 7.11 Å². The Balaban J connectivity index is 1.81. The minimum atomic E-state index is 0.258. The van der Waals surface area contributed by atoms with E-state index in [0.29, 0.717) is 0 Å². The number of imidazole rings is 1. The van der Waals surface area contributed by atoms with E-state index in [4.69, 9.17) is 9.72 Å². The van der Waals surface area contributed by atoms with Crippen LogP contribution in [0.1, 0.15) is 26.3 Å². The topological polar surface area (TPSA) is 37.9 Å². The van der Waals surface area contributed by atoms with E-state index in [9.17, 15) is 0 Å². The van der Waals surface area contributed by atoms with Gasteiger partial charge >= 0.3 is 0 Å². The van der Waals surface area contributed by atoms with Gasteiger partial charge < -0.3 is 9.72 Å². The quantitative estimate of drug-likeness (QED) is 0.445. The van der Waals surface area contributed by atoms with Gasteiger partial charge in [0.1, 0.15) is 11.6 Å². The van der Waals surface area contributed by atoms with E-state index in [2.05, 4.69) is 68.2 Å². The van der Waals surface area contributed by atoms with Crippen LogP contribution in [-0.2, 0) is 6.42 Å². The summed E-state index contributed by atoms with van der Waals surface area (Å²) in [6, 6.07) is 23.1. The summed E-state index contributed by atoms with van der Waals surface area (Å²) in [4.78, 5) is 8.40. The number of rotatable bonds is 4. The van der Waals surface area contributed by atoms with Crippen molar-refractivity contribution in [1.29, 1.82) is 0 Å². The molecule has 3 heteroatoms. The SMILES string of the molecule is COc1ccccc1-c1nc2c(-c3cccc(CC(C)(C)C)c3)cccc2[nH]1. The first-order valence-corrected chi connectivity index (χ1v) is 9.66. The summed E-state index contributed by atoms with van der Waals surface area (Å²) < 4.78 is 5.51. The Labute approximate surface area is 166 Å². The van der Waals surface area contributed by atoms with Crippen LogP contribution in [0.3, 0.4) is 0 Å². The molecule has 142 valence electrons. The van der Waals surface area contributed by atoms with Crippen molar-refractivity contribution in [1.82, 2.24) is 9.97 Å². The van der Waals surface area contributed by atoms with Crippen LogP contribution in [0.4, 0.5) is 0 Å². The second kappa shape index (κ2) is 7.16. The van der Waals surface area contributed by atoms with Crippen molar-refractivity contribution >= 4 is 11.0 Å². The van der Waals surface area contributed by atoms with Gasteiger partial charge in [-0.3, -0.25) is 0 Å². The molecule has 0 aliphatic carbocycles. The molecule has 0 unspecified atom stereocenters. The highest BCUT2D eigenvalue weighted by atomic mass is 16.5. The lowest BCUT2D eigenvalue weighted by atomic mass is 9.87. The Kier molecular flexibility index (Phi) is 4.68. The van der Waals surface area contributed by atoms with Crippen LogP contribution in [-0.4, -0.2) is 17.1 Å². The fourth-order valence-electron chi connectivity index (χ4n) is 3.69. The molecule has 1 heterocycles. The number of aromatic nitrogens is 2. The number of H-pyrrole nitrogens is 1. The number of para-hydroxylation sites is 2. The number of nitrogens with one attached hydrogen (secondary N) is 1. The van der Waals surface area contributed by atoms with E-state index >= 15 is 0 Å². The van der Waals surface area contributed by atoms with Gasteiger partial charge in [0.05, 0.1) is 23.7 Å². The lowest BCUT2D eigenvalue weighted by Gasteiger charge is -2.18. The average Bonchev–Trinajstić information content (AvgIpc) is 3.11. The Bertz CT molecular complexity index is 1120.